The number of hydrogen-bond acceptors (Lipinski definition) is 4. The maximum atomic E-state index is 12.2. The van der Waals surface area contributed by atoms with Gasteiger partial charge in [-0.25, -0.2) is 0 Å². The average Bonchev–Trinajstić information content (AvgIpc) is 3.09. The third-order valence-corrected chi connectivity index (χ3v) is 5.28. The van der Waals surface area contributed by atoms with Crippen LogP contribution in [0.2, 0.25) is 0 Å². The van der Waals surface area contributed by atoms with E-state index in [0.29, 0.717) is 17.4 Å². The molecule has 2 heterocycles. The molecule has 1 saturated heterocycles. The van der Waals surface area contributed by atoms with Gasteiger partial charge in [0.25, 0.3) is 5.91 Å². The molecule has 3 rings (SSSR count). The molecule has 1 N–H and O–H groups in total. The highest BCUT2D eigenvalue weighted by Crippen LogP contribution is 2.39. The van der Waals surface area contributed by atoms with Crippen molar-refractivity contribution in [3.63, 3.8) is 0 Å². The van der Waals surface area contributed by atoms with Crippen LogP contribution in [0.1, 0.15) is 49.2 Å². The SMILES string of the molecule is CC(C)[C@@H]1O[C@@H](c2cccc(NC(=O)c3cccs3)c2)OCC1(C)C. The lowest BCUT2D eigenvalue weighted by Gasteiger charge is -2.44. The van der Waals surface area contributed by atoms with Gasteiger partial charge in [0.05, 0.1) is 17.6 Å². The van der Waals surface area contributed by atoms with E-state index in [4.69, 9.17) is 9.47 Å². The van der Waals surface area contributed by atoms with Crippen LogP contribution < -0.4 is 5.32 Å². The molecule has 1 aliphatic heterocycles. The highest BCUT2D eigenvalue weighted by molar-refractivity contribution is 7.12. The van der Waals surface area contributed by atoms with Crippen molar-refractivity contribution in [3.05, 3.63) is 52.2 Å². The molecule has 5 heteroatoms. The molecule has 0 unspecified atom stereocenters. The molecule has 25 heavy (non-hydrogen) atoms. The lowest BCUT2D eigenvalue weighted by molar-refractivity contribution is -0.274. The minimum atomic E-state index is -0.404. The van der Waals surface area contributed by atoms with E-state index in [9.17, 15) is 4.79 Å². The summed E-state index contributed by atoms with van der Waals surface area (Å²) in [5.41, 5.74) is 1.65. The third-order valence-electron chi connectivity index (χ3n) is 4.41. The summed E-state index contributed by atoms with van der Waals surface area (Å²) in [6.07, 6.45) is -0.283. The number of ether oxygens (including phenoxy) is 2. The van der Waals surface area contributed by atoms with Gasteiger partial charge in [0, 0.05) is 16.7 Å². The Morgan fingerprint density at radius 1 is 1.28 bits per heavy atom. The van der Waals surface area contributed by atoms with Gasteiger partial charge in [0.15, 0.2) is 6.29 Å². The minimum absolute atomic E-state index is 0.0182. The van der Waals surface area contributed by atoms with Gasteiger partial charge < -0.3 is 14.8 Å². The van der Waals surface area contributed by atoms with Crippen LogP contribution in [0.5, 0.6) is 0 Å². The van der Waals surface area contributed by atoms with Gasteiger partial charge in [-0.15, -0.1) is 11.3 Å². The van der Waals surface area contributed by atoms with Gasteiger partial charge in [-0.1, -0.05) is 45.9 Å². The van der Waals surface area contributed by atoms with Gasteiger partial charge in [0.1, 0.15) is 0 Å². The molecule has 1 aliphatic rings. The van der Waals surface area contributed by atoms with E-state index >= 15 is 0 Å². The first-order valence-corrected chi connectivity index (χ1v) is 9.47. The maximum absolute atomic E-state index is 12.2. The molecule has 0 spiro atoms. The van der Waals surface area contributed by atoms with Gasteiger partial charge in [0.2, 0.25) is 0 Å². The van der Waals surface area contributed by atoms with Crippen molar-refractivity contribution in [2.75, 3.05) is 11.9 Å². The van der Waals surface area contributed by atoms with Gasteiger partial charge in [-0.2, -0.15) is 0 Å². The summed E-state index contributed by atoms with van der Waals surface area (Å²) in [5, 5.41) is 4.83. The Morgan fingerprint density at radius 2 is 2.08 bits per heavy atom. The predicted molar refractivity (Wildman–Crippen MR) is 101 cm³/mol. The first-order valence-electron chi connectivity index (χ1n) is 8.59. The monoisotopic (exact) mass is 359 g/mol. The summed E-state index contributed by atoms with van der Waals surface area (Å²) >= 11 is 1.42. The topological polar surface area (TPSA) is 47.6 Å². The molecule has 1 aromatic heterocycles. The zero-order valence-corrected chi connectivity index (χ0v) is 15.9. The second-order valence-electron chi connectivity index (χ2n) is 7.49. The summed E-state index contributed by atoms with van der Waals surface area (Å²) in [6.45, 7) is 9.34. The van der Waals surface area contributed by atoms with Crippen molar-refractivity contribution in [1.82, 2.24) is 0 Å². The number of thiophene rings is 1. The first kappa shape index (κ1) is 18.1. The van der Waals surface area contributed by atoms with Crippen LogP contribution in [0.3, 0.4) is 0 Å². The van der Waals surface area contributed by atoms with Gasteiger partial charge in [-0.3, -0.25) is 4.79 Å². The van der Waals surface area contributed by atoms with E-state index in [-0.39, 0.29) is 17.4 Å². The molecular weight excluding hydrogens is 334 g/mol. The van der Waals surface area contributed by atoms with Crippen LogP contribution in [0.4, 0.5) is 5.69 Å². The maximum Gasteiger partial charge on any atom is 0.265 e. The Labute approximate surface area is 153 Å². The zero-order valence-electron chi connectivity index (χ0n) is 15.1. The van der Waals surface area contributed by atoms with Crippen LogP contribution in [0.25, 0.3) is 0 Å². The normalized spacial score (nSPS) is 22.8. The molecule has 2 aromatic rings. The number of nitrogens with one attached hydrogen (secondary N) is 1. The molecule has 1 aromatic carbocycles. The van der Waals surface area contributed by atoms with E-state index < -0.39 is 6.29 Å². The van der Waals surface area contributed by atoms with Crippen molar-refractivity contribution in [2.24, 2.45) is 11.3 Å². The molecule has 1 fully saturated rings. The Hall–Kier alpha value is -1.69. The van der Waals surface area contributed by atoms with Crippen LogP contribution >= 0.6 is 11.3 Å². The molecule has 1 amide bonds. The second-order valence-corrected chi connectivity index (χ2v) is 8.44. The van der Waals surface area contributed by atoms with Crippen LogP contribution in [0.15, 0.2) is 41.8 Å². The first-order chi connectivity index (χ1) is 11.9. The molecule has 0 bridgehead atoms. The predicted octanol–water partition coefficient (Wildman–Crippen LogP) is 5.10. The summed E-state index contributed by atoms with van der Waals surface area (Å²) in [4.78, 5) is 12.9. The minimum Gasteiger partial charge on any atom is -0.348 e. The van der Waals surface area contributed by atoms with Crippen molar-refractivity contribution < 1.29 is 14.3 Å². The fraction of sp³-hybridized carbons (Fsp3) is 0.450. The number of anilines is 1. The van der Waals surface area contributed by atoms with Crippen molar-refractivity contribution in [1.29, 1.82) is 0 Å². The highest BCUT2D eigenvalue weighted by atomic mass is 32.1. The lowest BCUT2D eigenvalue weighted by atomic mass is 9.80. The van der Waals surface area contributed by atoms with Crippen molar-refractivity contribution >= 4 is 22.9 Å². The Kier molecular flexibility index (Phi) is 5.27. The molecule has 2 atom stereocenters. The van der Waals surface area contributed by atoms with Gasteiger partial charge >= 0.3 is 0 Å². The number of carbonyl (C=O) groups is 1. The van der Waals surface area contributed by atoms with E-state index in [0.717, 1.165) is 11.3 Å². The highest BCUT2D eigenvalue weighted by Gasteiger charge is 2.40. The second kappa shape index (κ2) is 7.28. The largest absolute Gasteiger partial charge is 0.348 e. The Morgan fingerprint density at radius 3 is 2.76 bits per heavy atom. The van der Waals surface area contributed by atoms with E-state index in [2.05, 4.69) is 33.0 Å². The molecule has 4 nitrogen and oxygen atoms in total. The van der Waals surface area contributed by atoms with E-state index in [1.165, 1.54) is 11.3 Å². The molecular formula is C20H25NO3S. The fourth-order valence-corrected chi connectivity index (χ4v) is 3.95. The van der Waals surface area contributed by atoms with E-state index in [1.54, 1.807) is 0 Å². The third kappa shape index (κ3) is 4.11. The summed E-state index contributed by atoms with van der Waals surface area (Å²) in [7, 11) is 0. The van der Waals surface area contributed by atoms with Crippen LogP contribution in [-0.2, 0) is 9.47 Å². The molecule has 0 radical (unpaired) electrons. The quantitative estimate of drug-likeness (QED) is 0.826. The van der Waals surface area contributed by atoms with Crippen molar-refractivity contribution in [3.8, 4) is 0 Å². The Balaban J connectivity index is 1.74. The molecule has 134 valence electrons. The molecule has 0 saturated carbocycles. The number of carbonyl (C=O) groups excluding carboxylic acids is 1. The fourth-order valence-electron chi connectivity index (χ4n) is 3.33. The summed E-state index contributed by atoms with van der Waals surface area (Å²) in [5.74, 6) is 0.307. The smallest absolute Gasteiger partial charge is 0.265 e. The number of hydrogen-bond donors (Lipinski definition) is 1. The average molecular weight is 359 g/mol. The lowest BCUT2D eigenvalue weighted by Crippen LogP contribution is -2.45. The Bertz CT molecular complexity index is 724. The van der Waals surface area contributed by atoms with Crippen LogP contribution in [0, 0.1) is 11.3 Å². The standard InChI is InChI=1S/C20H25NO3S/c1-13(2)17-20(3,4)12-23-19(24-17)14-7-5-8-15(11-14)21-18(22)16-9-6-10-25-16/h5-11,13,17,19H,12H2,1-4H3,(H,21,22)/t17-,19-/m0/s1. The molecule has 0 aliphatic carbocycles. The number of benzene rings is 1. The number of rotatable bonds is 4. The van der Waals surface area contributed by atoms with Crippen molar-refractivity contribution in [2.45, 2.75) is 40.1 Å². The van der Waals surface area contributed by atoms with Gasteiger partial charge in [-0.05, 0) is 29.5 Å². The summed E-state index contributed by atoms with van der Waals surface area (Å²) in [6, 6.07) is 11.4. The summed E-state index contributed by atoms with van der Waals surface area (Å²) < 4.78 is 12.2. The number of amides is 1. The van der Waals surface area contributed by atoms with Crippen LogP contribution in [-0.4, -0.2) is 18.6 Å². The zero-order chi connectivity index (χ0) is 18.0. The van der Waals surface area contributed by atoms with E-state index in [1.807, 2.05) is 41.8 Å².